The van der Waals surface area contributed by atoms with Crippen LogP contribution in [0.5, 0.6) is 0 Å². The number of amides is 1. The van der Waals surface area contributed by atoms with E-state index in [1.165, 1.54) is 12.3 Å². The van der Waals surface area contributed by atoms with Crippen molar-refractivity contribution in [1.29, 1.82) is 0 Å². The minimum absolute atomic E-state index is 0. The van der Waals surface area contributed by atoms with Gasteiger partial charge in [0.15, 0.2) is 11.7 Å². The quantitative estimate of drug-likeness (QED) is 0.268. The van der Waals surface area contributed by atoms with Crippen LogP contribution in [0.25, 0.3) is 0 Å². The lowest BCUT2D eigenvalue weighted by molar-refractivity contribution is 0.0926. The van der Waals surface area contributed by atoms with E-state index < -0.39 is 0 Å². The number of aliphatic imine (C=N–C) groups is 1. The van der Waals surface area contributed by atoms with Gasteiger partial charge in [-0.15, -0.1) is 24.0 Å². The largest absolute Gasteiger partial charge is 0.459 e. The monoisotopic (exact) mass is 460 g/mol. The van der Waals surface area contributed by atoms with Crippen LogP contribution in [0.4, 0.5) is 4.39 Å². The number of aryl methyl sites for hydroxylation is 1. The molecular weight excluding hydrogens is 438 g/mol. The van der Waals surface area contributed by atoms with Crippen LogP contribution in [0.3, 0.4) is 0 Å². The van der Waals surface area contributed by atoms with Crippen LogP contribution in [0.15, 0.2) is 46.0 Å². The molecule has 0 saturated carbocycles. The van der Waals surface area contributed by atoms with Crippen LogP contribution < -0.4 is 16.0 Å². The highest BCUT2D eigenvalue weighted by atomic mass is 127. The first-order valence-electron chi connectivity index (χ1n) is 7.61. The smallest absolute Gasteiger partial charge is 0.287 e. The van der Waals surface area contributed by atoms with Gasteiger partial charge in [-0.1, -0.05) is 12.1 Å². The topological polar surface area (TPSA) is 78.7 Å². The molecule has 0 radical (unpaired) electrons. The normalized spacial score (nSPS) is 10.8. The molecule has 1 amide bonds. The number of nitrogens with one attached hydrogen (secondary N) is 3. The van der Waals surface area contributed by atoms with Gasteiger partial charge in [-0.05, 0) is 36.2 Å². The molecule has 0 unspecified atom stereocenters. The fraction of sp³-hybridized carbons (Fsp3) is 0.294. The first-order valence-corrected chi connectivity index (χ1v) is 7.61. The van der Waals surface area contributed by atoms with E-state index in [2.05, 4.69) is 20.9 Å². The number of rotatable bonds is 6. The van der Waals surface area contributed by atoms with Crippen LogP contribution in [-0.2, 0) is 6.54 Å². The van der Waals surface area contributed by atoms with E-state index in [0.717, 1.165) is 5.56 Å². The number of benzene rings is 1. The van der Waals surface area contributed by atoms with Gasteiger partial charge in [0.2, 0.25) is 0 Å². The molecule has 0 saturated heterocycles. The Morgan fingerprint density at radius 2 is 1.96 bits per heavy atom. The average molecular weight is 460 g/mol. The minimum Gasteiger partial charge on any atom is -0.459 e. The van der Waals surface area contributed by atoms with Gasteiger partial charge in [0.25, 0.3) is 5.91 Å². The molecule has 0 spiro atoms. The maximum Gasteiger partial charge on any atom is 0.287 e. The fourth-order valence-electron chi connectivity index (χ4n) is 2.07. The van der Waals surface area contributed by atoms with E-state index in [4.69, 9.17) is 4.42 Å². The van der Waals surface area contributed by atoms with Gasteiger partial charge in [-0.25, -0.2) is 4.39 Å². The van der Waals surface area contributed by atoms with Gasteiger partial charge in [0.1, 0.15) is 5.82 Å². The standard InChI is InChI=1S/C17H21FN4O2.HI/c1-12-10-13(5-6-14(12)18)11-22-17(19-2)21-8-7-20-16(23)15-4-3-9-24-15;/h3-6,9-10H,7-8,11H2,1-2H3,(H,20,23)(H2,19,21,22);1H. The average Bonchev–Trinajstić information content (AvgIpc) is 3.11. The van der Waals surface area contributed by atoms with Crippen molar-refractivity contribution in [3.63, 3.8) is 0 Å². The predicted molar refractivity (Wildman–Crippen MR) is 106 cm³/mol. The molecule has 25 heavy (non-hydrogen) atoms. The summed E-state index contributed by atoms with van der Waals surface area (Å²) in [6, 6.07) is 8.24. The van der Waals surface area contributed by atoms with E-state index in [0.29, 0.717) is 31.2 Å². The van der Waals surface area contributed by atoms with E-state index in [9.17, 15) is 9.18 Å². The Morgan fingerprint density at radius 3 is 2.60 bits per heavy atom. The van der Waals surface area contributed by atoms with Crippen molar-refractivity contribution in [2.45, 2.75) is 13.5 Å². The third-order valence-corrected chi connectivity index (χ3v) is 3.35. The Kier molecular flexibility index (Phi) is 8.96. The molecular formula is C17H22FIN4O2. The summed E-state index contributed by atoms with van der Waals surface area (Å²) in [5.74, 6) is 0.411. The first kappa shape index (κ1) is 20.9. The number of nitrogens with zero attached hydrogens (tertiary/aromatic N) is 1. The highest BCUT2D eigenvalue weighted by molar-refractivity contribution is 14.0. The third-order valence-electron chi connectivity index (χ3n) is 3.35. The molecule has 0 aliphatic carbocycles. The molecule has 0 aliphatic rings. The van der Waals surface area contributed by atoms with E-state index in [1.54, 1.807) is 38.2 Å². The fourth-order valence-corrected chi connectivity index (χ4v) is 2.07. The van der Waals surface area contributed by atoms with Gasteiger partial charge < -0.3 is 20.4 Å². The van der Waals surface area contributed by atoms with Gasteiger partial charge in [-0.3, -0.25) is 9.79 Å². The van der Waals surface area contributed by atoms with Gasteiger partial charge in [-0.2, -0.15) is 0 Å². The number of carbonyl (C=O) groups is 1. The molecule has 0 bridgehead atoms. The summed E-state index contributed by atoms with van der Waals surface area (Å²) in [6.07, 6.45) is 1.45. The summed E-state index contributed by atoms with van der Waals surface area (Å²) in [4.78, 5) is 15.8. The van der Waals surface area contributed by atoms with E-state index >= 15 is 0 Å². The lowest BCUT2D eigenvalue weighted by Crippen LogP contribution is -2.41. The van der Waals surface area contributed by atoms with Gasteiger partial charge >= 0.3 is 0 Å². The lowest BCUT2D eigenvalue weighted by Gasteiger charge is -2.12. The van der Waals surface area contributed by atoms with Crippen molar-refractivity contribution in [3.05, 3.63) is 59.3 Å². The van der Waals surface area contributed by atoms with Gasteiger partial charge in [0, 0.05) is 26.7 Å². The maximum absolute atomic E-state index is 13.2. The van der Waals surface area contributed by atoms with Crippen molar-refractivity contribution in [3.8, 4) is 0 Å². The zero-order valence-corrected chi connectivity index (χ0v) is 16.5. The highest BCUT2D eigenvalue weighted by Crippen LogP contribution is 2.08. The first-order chi connectivity index (χ1) is 11.6. The van der Waals surface area contributed by atoms with E-state index in [-0.39, 0.29) is 41.5 Å². The highest BCUT2D eigenvalue weighted by Gasteiger charge is 2.07. The molecule has 2 aromatic rings. The summed E-state index contributed by atoms with van der Waals surface area (Å²) < 4.78 is 18.2. The zero-order valence-electron chi connectivity index (χ0n) is 14.1. The Morgan fingerprint density at radius 1 is 1.20 bits per heavy atom. The summed E-state index contributed by atoms with van der Waals surface area (Å²) in [6.45, 7) is 3.19. The van der Waals surface area contributed by atoms with Crippen LogP contribution in [-0.4, -0.2) is 32.0 Å². The molecule has 136 valence electrons. The summed E-state index contributed by atoms with van der Waals surface area (Å²) in [5.41, 5.74) is 1.57. The molecule has 0 aliphatic heterocycles. The van der Waals surface area contributed by atoms with Crippen molar-refractivity contribution >= 4 is 35.8 Å². The maximum atomic E-state index is 13.2. The molecule has 0 atom stereocenters. The summed E-state index contributed by atoms with van der Waals surface area (Å²) >= 11 is 0. The minimum atomic E-state index is -0.258. The van der Waals surface area contributed by atoms with E-state index in [1.807, 2.05) is 0 Å². The molecule has 6 nitrogen and oxygen atoms in total. The van der Waals surface area contributed by atoms with Crippen molar-refractivity contribution in [2.24, 2.45) is 4.99 Å². The van der Waals surface area contributed by atoms with Crippen LogP contribution in [0.1, 0.15) is 21.7 Å². The number of hydrogen-bond donors (Lipinski definition) is 3. The van der Waals surface area contributed by atoms with Crippen molar-refractivity contribution in [2.75, 3.05) is 20.1 Å². The third kappa shape index (κ3) is 6.73. The summed E-state index contributed by atoms with van der Waals surface area (Å²) in [5, 5.41) is 8.95. The Bertz CT molecular complexity index is 705. The second-order valence-corrected chi connectivity index (χ2v) is 5.17. The SMILES string of the molecule is CN=C(NCCNC(=O)c1ccco1)NCc1ccc(F)c(C)c1.I. The van der Waals surface area contributed by atoms with Crippen LogP contribution >= 0.6 is 24.0 Å². The second kappa shape index (κ2) is 10.7. The molecule has 2 rings (SSSR count). The molecule has 3 N–H and O–H groups in total. The molecule has 1 aromatic carbocycles. The Hall–Kier alpha value is -2.10. The second-order valence-electron chi connectivity index (χ2n) is 5.17. The van der Waals surface area contributed by atoms with Crippen LogP contribution in [0.2, 0.25) is 0 Å². The van der Waals surface area contributed by atoms with Crippen molar-refractivity contribution in [1.82, 2.24) is 16.0 Å². The summed E-state index contributed by atoms with van der Waals surface area (Å²) in [7, 11) is 1.66. The number of halogens is 2. The lowest BCUT2D eigenvalue weighted by atomic mass is 10.1. The number of carbonyl (C=O) groups excluding carboxylic acids is 1. The number of furan rings is 1. The number of guanidine groups is 1. The zero-order chi connectivity index (χ0) is 17.4. The number of hydrogen-bond acceptors (Lipinski definition) is 3. The Balaban J connectivity index is 0.00000312. The van der Waals surface area contributed by atoms with Crippen LogP contribution in [0, 0.1) is 12.7 Å². The van der Waals surface area contributed by atoms with Crippen molar-refractivity contribution < 1.29 is 13.6 Å². The molecule has 1 heterocycles. The Labute approximate surface area is 163 Å². The molecule has 8 heteroatoms. The predicted octanol–water partition coefficient (Wildman–Crippen LogP) is 2.44. The van der Waals surface area contributed by atoms with Gasteiger partial charge in [0.05, 0.1) is 6.26 Å². The molecule has 1 aromatic heterocycles. The molecule has 0 fully saturated rings.